The number of likely N-dealkylation sites (N-methyl/N-ethyl adjacent to an activating group) is 1. The lowest BCUT2D eigenvalue weighted by atomic mass is 9.93. The van der Waals surface area contributed by atoms with Crippen LogP contribution in [0.1, 0.15) is 34.8 Å². The molecule has 0 bridgehead atoms. The molecule has 1 N–H and O–H groups in total. The summed E-state index contributed by atoms with van der Waals surface area (Å²) in [5, 5.41) is 13.4. The van der Waals surface area contributed by atoms with E-state index in [-0.39, 0.29) is 5.92 Å². The summed E-state index contributed by atoms with van der Waals surface area (Å²) in [4.78, 5) is 13.3. The maximum atomic E-state index is 11.1. The first-order valence-corrected chi connectivity index (χ1v) is 5.53. The number of piperidine rings is 1. The number of hydrogen-bond acceptors (Lipinski definition) is 3. The third kappa shape index (κ3) is 2.09. The Bertz CT molecular complexity index is 400. The van der Waals surface area contributed by atoms with Crippen molar-refractivity contribution in [1.29, 1.82) is 0 Å². The van der Waals surface area contributed by atoms with E-state index in [2.05, 4.69) is 17.0 Å². The van der Waals surface area contributed by atoms with Crippen LogP contribution in [0.25, 0.3) is 0 Å². The van der Waals surface area contributed by atoms with Gasteiger partial charge in [0.25, 0.3) is 0 Å². The molecule has 88 valence electrons. The Hall–Kier alpha value is -1.36. The number of hydrogen-bond donors (Lipinski definition) is 1. The first-order chi connectivity index (χ1) is 7.58. The molecule has 1 aliphatic rings. The highest BCUT2D eigenvalue weighted by Gasteiger charge is 2.26. The van der Waals surface area contributed by atoms with Crippen LogP contribution in [0.15, 0.2) is 6.20 Å². The summed E-state index contributed by atoms with van der Waals surface area (Å²) in [6.45, 7) is 1.99. The van der Waals surface area contributed by atoms with Crippen molar-refractivity contribution in [1.82, 2.24) is 14.7 Å². The first-order valence-electron chi connectivity index (χ1n) is 5.53. The van der Waals surface area contributed by atoms with Crippen LogP contribution in [0, 0.1) is 0 Å². The summed E-state index contributed by atoms with van der Waals surface area (Å²) in [6.07, 6.45) is 3.73. The van der Waals surface area contributed by atoms with E-state index in [0.717, 1.165) is 31.6 Å². The van der Waals surface area contributed by atoms with Crippen LogP contribution in [0.2, 0.25) is 0 Å². The Morgan fingerprint density at radius 1 is 1.56 bits per heavy atom. The molecule has 2 heterocycles. The van der Waals surface area contributed by atoms with E-state index in [4.69, 9.17) is 5.11 Å². The summed E-state index contributed by atoms with van der Waals surface area (Å²) in [6, 6.07) is 0. The highest BCUT2D eigenvalue weighted by molar-refractivity contribution is 5.88. The van der Waals surface area contributed by atoms with E-state index in [0.29, 0.717) is 5.56 Å². The summed E-state index contributed by atoms with van der Waals surface area (Å²) >= 11 is 0. The minimum absolute atomic E-state index is 0.256. The van der Waals surface area contributed by atoms with Crippen molar-refractivity contribution in [2.45, 2.75) is 18.8 Å². The molecule has 0 spiro atoms. The van der Waals surface area contributed by atoms with E-state index in [1.165, 1.54) is 0 Å². The van der Waals surface area contributed by atoms with Gasteiger partial charge < -0.3 is 10.0 Å². The van der Waals surface area contributed by atoms with Gasteiger partial charge in [-0.25, -0.2) is 4.79 Å². The van der Waals surface area contributed by atoms with E-state index in [1.807, 2.05) is 0 Å². The summed E-state index contributed by atoms with van der Waals surface area (Å²) in [5.41, 5.74) is 1.09. The van der Waals surface area contributed by atoms with Crippen molar-refractivity contribution in [2.24, 2.45) is 7.05 Å². The Balaban J connectivity index is 2.28. The van der Waals surface area contributed by atoms with Crippen molar-refractivity contribution in [3.8, 4) is 0 Å². The topological polar surface area (TPSA) is 58.4 Å². The minimum atomic E-state index is -0.878. The first kappa shape index (κ1) is 11.1. The molecule has 1 fully saturated rings. The number of rotatable bonds is 2. The maximum Gasteiger partial charge on any atom is 0.339 e. The van der Waals surface area contributed by atoms with E-state index in [9.17, 15) is 4.79 Å². The fraction of sp³-hybridized carbons (Fsp3) is 0.636. The number of carbonyl (C=O) groups is 1. The van der Waals surface area contributed by atoms with Crippen LogP contribution in [-0.4, -0.2) is 45.9 Å². The number of carboxylic acid groups (broad SMARTS) is 1. The van der Waals surface area contributed by atoms with Crippen molar-refractivity contribution in [2.75, 3.05) is 20.1 Å². The average molecular weight is 223 g/mol. The van der Waals surface area contributed by atoms with Gasteiger partial charge in [0.1, 0.15) is 5.56 Å². The van der Waals surface area contributed by atoms with Gasteiger partial charge in [0.2, 0.25) is 0 Å². The molecular weight excluding hydrogens is 206 g/mol. The SMILES string of the molecule is CN1CCCC(c2nn(C)cc2C(=O)O)C1. The molecule has 1 aliphatic heterocycles. The molecule has 0 aliphatic carbocycles. The zero-order valence-corrected chi connectivity index (χ0v) is 9.68. The molecule has 5 heteroatoms. The predicted molar refractivity (Wildman–Crippen MR) is 59.6 cm³/mol. The highest BCUT2D eigenvalue weighted by atomic mass is 16.4. The highest BCUT2D eigenvalue weighted by Crippen LogP contribution is 2.27. The molecule has 0 amide bonds. The standard InChI is InChI=1S/C11H17N3O2/c1-13-5-3-4-8(6-13)10-9(11(15)16)7-14(2)12-10/h7-8H,3-6H2,1-2H3,(H,15,16). The number of nitrogens with zero attached hydrogens (tertiary/aromatic N) is 3. The zero-order valence-electron chi connectivity index (χ0n) is 9.68. The van der Waals surface area contributed by atoms with Crippen molar-refractivity contribution >= 4 is 5.97 Å². The molecule has 16 heavy (non-hydrogen) atoms. The van der Waals surface area contributed by atoms with Crippen LogP contribution < -0.4 is 0 Å². The molecule has 1 saturated heterocycles. The van der Waals surface area contributed by atoms with Crippen molar-refractivity contribution in [3.05, 3.63) is 17.5 Å². The van der Waals surface area contributed by atoms with Crippen molar-refractivity contribution in [3.63, 3.8) is 0 Å². The monoisotopic (exact) mass is 223 g/mol. The Kier molecular flexibility index (Phi) is 2.96. The van der Waals surface area contributed by atoms with Gasteiger partial charge in [-0.3, -0.25) is 4.68 Å². The van der Waals surface area contributed by atoms with Gasteiger partial charge in [-0.2, -0.15) is 5.10 Å². The fourth-order valence-electron chi connectivity index (χ4n) is 2.36. The Labute approximate surface area is 94.7 Å². The van der Waals surface area contributed by atoms with E-state index in [1.54, 1.807) is 17.9 Å². The third-order valence-electron chi connectivity index (χ3n) is 3.10. The van der Waals surface area contributed by atoms with Crippen LogP contribution in [0.4, 0.5) is 0 Å². The number of carboxylic acids is 1. The molecule has 0 radical (unpaired) electrons. The minimum Gasteiger partial charge on any atom is -0.478 e. The normalized spacial score (nSPS) is 22.2. The zero-order chi connectivity index (χ0) is 11.7. The van der Waals surface area contributed by atoms with Gasteiger partial charge >= 0.3 is 5.97 Å². The number of aryl methyl sites for hydroxylation is 1. The van der Waals surface area contributed by atoms with Crippen LogP contribution in [-0.2, 0) is 7.05 Å². The second-order valence-corrected chi connectivity index (χ2v) is 4.51. The van der Waals surface area contributed by atoms with Gasteiger partial charge in [-0.05, 0) is 26.4 Å². The second-order valence-electron chi connectivity index (χ2n) is 4.51. The van der Waals surface area contributed by atoms with Gasteiger partial charge in [0, 0.05) is 25.7 Å². The predicted octanol–water partition coefficient (Wildman–Crippen LogP) is 0.927. The van der Waals surface area contributed by atoms with Gasteiger partial charge in [-0.1, -0.05) is 0 Å². The van der Waals surface area contributed by atoms with Gasteiger partial charge in [0.15, 0.2) is 0 Å². The molecular formula is C11H17N3O2. The molecule has 5 nitrogen and oxygen atoms in total. The number of aromatic nitrogens is 2. The average Bonchev–Trinajstić information content (AvgIpc) is 2.60. The Morgan fingerprint density at radius 2 is 2.31 bits per heavy atom. The molecule has 1 atom stereocenters. The molecule has 1 unspecified atom stereocenters. The smallest absolute Gasteiger partial charge is 0.339 e. The van der Waals surface area contributed by atoms with Crippen LogP contribution in [0.3, 0.4) is 0 Å². The van der Waals surface area contributed by atoms with Crippen LogP contribution in [0.5, 0.6) is 0 Å². The lowest BCUT2D eigenvalue weighted by Crippen LogP contribution is -2.31. The maximum absolute atomic E-state index is 11.1. The van der Waals surface area contributed by atoms with Gasteiger partial charge in [-0.15, -0.1) is 0 Å². The lowest BCUT2D eigenvalue weighted by molar-refractivity contribution is 0.0694. The fourth-order valence-corrected chi connectivity index (χ4v) is 2.36. The van der Waals surface area contributed by atoms with Crippen LogP contribution >= 0.6 is 0 Å². The van der Waals surface area contributed by atoms with E-state index < -0.39 is 5.97 Å². The van der Waals surface area contributed by atoms with E-state index >= 15 is 0 Å². The summed E-state index contributed by atoms with van der Waals surface area (Å²) < 4.78 is 1.59. The Morgan fingerprint density at radius 3 is 2.94 bits per heavy atom. The third-order valence-corrected chi connectivity index (χ3v) is 3.10. The molecule has 0 saturated carbocycles. The van der Waals surface area contributed by atoms with Crippen molar-refractivity contribution < 1.29 is 9.90 Å². The summed E-state index contributed by atoms with van der Waals surface area (Å²) in [7, 11) is 3.83. The molecule has 2 rings (SSSR count). The van der Waals surface area contributed by atoms with Gasteiger partial charge in [0.05, 0.1) is 5.69 Å². The molecule has 0 aromatic carbocycles. The second kappa shape index (κ2) is 4.25. The quantitative estimate of drug-likeness (QED) is 0.810. The lowest BCUT2D eigenvalue weighted by Gasteiger charge is -2.28. The molecule has 1 aromatic rings. The largest absolute Gasteiger partial charge is 0.478 e. The molecule has 1 aromatic heterocycles. The number of aromatic carboxylic acids is 1. The summed E-state index contributed by atoms with van der Waals surface area (Å²) in [5.74, 6) is -0.623. The number of likely N-dealkylation sites (tertiary alicyclic amines) is 1.